The summed E-state index contributed by atoms with van der Waals surface area (Å²) in [6, 6.07) is 19.0. The molecule has 1 fully saturated rings. The van der Waals surface area contributed by atoms with Crippen molar-refractivity contribution in [2.75, 3.05) is 12.0 Å². The molecule has 4 nitrogen and oxygen atoms in total. The molecule has 0 saturated carbocycles. The van der Waals surface area contributed by atoms with Crippen LogP contribution in [-0.2, 0) is 11.4 Å². The first-order valence-electron chi connectivity index (χ1n) is 10.3. The second-order valence-electron chi connectivity index (χ2n) is 7.58. The van der Waals surface area contributed by atoms with Gasteiger partial charge in [-0.1, -0.05) is 65.9 Å². The van der Waals surface area contributed by atoms with E-state index in [1.165, 1.54) is 17.3 Å². The van der Waals surface area contributed by atoms with Crippen LogP contribution in [0.5, 0.6) is 11.5 Å². The number of methoxy groups -OCH3 is 1. The van der Waals surface area contributed by atoms with Gasteiger partial charge in [-0.25, -0.2) is 0 Å². The standard InChI is InChI=1S/C26H22ClNO3S2/c1-16-8-10-20(12-17(16)2)28-25(29)24(33-26(28)32)14-18-9-11-22(23(13-18)30-3)31-15-19-6-4-5-7-21(19)27/h4-14H,15H2,1-3H3/b24-14+. The highest BCUT2D eigenvalue weighted by atomic mass is 35.5. The van der Waals surface area contributed by atoms with Gasteiger partial charge >= 0.3 is 0 Å². The molecule has 1 aliphatic rings. The van der Waals surface area contributed by atoms with Crippen LogP contribution >= 0.6 is 35.6 Å². The van der Waals surface area contributed by atoms with Crippen LogP contribution in [0.1, 0.15) is 22.3 Å². The molecular formula is C26H22ClNO3S2. The number of carbonyl (C=O) groups excluding carboxylic acids is 1. The van der Waals surface area contributed by atoms with Gasteiger partial charge in [0.1, 0.15) is 6.61 Å². The summed E-state index contributed by atoms with van der Waals surface area (Å²) in [6.07, 6.45) is 1.82. The molecule has 168 valence electrons. The average molecular weight is 496 g/mol. The van der Waals surface area contributed by atoms with Crippen LogP contribution in [0.3, 0.4) is 0 Å². The van der Waals surface area contributed by atoms with E-state index in [0.717, 1.165) is 22.4 Å². The molecule has 0 unspecified atom stereocenters. The van der Waals surface area contributed by atoms with Crippen molar-refractivity contribution < 1.29 is 14.3 Å². The van der Waals surface area contributed by atoms with E-state index in [9.17, 15) is 4.79 Å². The van der Waals surface area contributed by atoms with Gasteiger partial charge in [-0.3, -0.25) is 9.69 Å². The predicted molar refractivity (Wildman–Crippen MR) is 140 cm³/mol. The van der Waals surface area contributed by atoms with E-state index in [1.807, 2.05) is 80.6 Å². The number of nitrogens with zero attached hydrogens (tertiary/aromatic N) is 1. The molecule has 3 aromatic carbocycles. The largest absolute Gasteiger partial charge is 0.493 e. The molecule has 0 atom stereocenters. The number of amides is 1. The van der Waals surface area contributed by atoms with Crippen molar-refractivity contribution in [1.82, 2.24) is 0 Å². The maximum absolute atomic E-state index is 13.1. The zero-order valence-electron chi connectivity index (χ0n) is 18.4. The highest BCUT2D eigenvalue weighted by molar-refractivity contribution is 8.27. The highest BCUT2D eigenvalue weighted by Gasteiger charge is 2.33. The van der Waals surface area contributed by atoms with Crippen molar-refractivity contribution >= 4 is 57.6 Å². The Morgan fingerprint density at radius 3 is 2.55 bits per heavy atom. The zero-order chi connectivity index (χ0) is 23.5. The third kappa shape index (κ3) is 5.08. The van der Waals surface area contributed by atoms with Crippen LogP contribution in [-0.4, -0.2) is 17.3 Å². The number of aryl methyl sites for hydroxylation is 2. The summed E-state index contributed by atoms with van der Waals surface area (Å²) in [5, 5.41) is 0.652. The Bertz CT molecular complexity index is 1270. The van der Waals surface area contributed by atoms with Crippen molar-refractivity contribution in [3.63, 3.8) is 0 Å². The summed E-state index contributed by atoms with van der Waals surface area (Å²) < 4.78 is 12.0. The first-order valence-corrected chi connectivity index (χ1v) is 11.9. The molecule has 33 heavy (non-hydrogen) atoms. The molecule has 1 aliphatic heterocycles. The summed E-state index contributed by atoms with van der Waals surface area (Å²) in [4.78, 5) is 15.3. The second kappa shape index (κ2) is 10.00. The summed E-state index contributed by atoms with van der Waals surface area (Å²) in [5.41, 5.74) is 4.77. The van der Waals surface area contributed by atoms with E-state index in [2.05, 4.69) is 0 Å². The van der Waals surface area contributed by atoms with Gasteiger partial charge in [0, 0.05) is 10.6 Å². The lowest BCUT2D eigenvalue weighted by Crippen LogP contribution is -2.27. The number of thiocarbonyl (C=S) groups is 1. The number of rotatable bonds is 6. The maximum Gasteiger partial charge on any atom is 0.270 e. The number of ether oxygens (including phenoxy) is 2. The minimum atomic E-state index is -0.133. The molecule has 3 aromatic rings. The molecule has 0 spiro atoms. The topological polar surface area (TPSA) is 38.8 Å². The highest BCUT2D eigenvalue weighted by Crippen LogP contribution is 2.38. The van der Waals surface area contributed by atoms with Crippen LogP contribution in [0.15, 0.2) is 65.6 Å². The van der Waals surface area contributed by atoms with Crippen LogP contribution in [0, 0.1) is 13.8 Å². The lowest BCUT2D eigenvalue weighted by atomic mass is 10.1. The van der Waals surface area contributed by atoms with E-state index in [0.29, 0.717) is 32.4 Å². The number of hydrogen-bond acceptors (Lipinski definition) is 5. The van der Waals surface area contributed by atoms with Gasteiger partial charge in [-0.05, 0) is 66.9 Å². The van der Waals surface area contributed by atoms with Crippen molar-refractivity contribution in [2.24, 2.45) is 0 Å². The van der Waals surface area contributed by atoms with Crippen LogP contribution in [0.25, 0.3) is 6.08 Å². The second-order valence-corrected chi connectivity index (χ2v) is 9.66. The van der Waals surface area contributed by atoms with Crippen LogP contribution in [0.4, 0.5) is 5.69 Å². The quantitative estimate of drug-likeness (QED) is 0.273. The monoisotopic (exact) mass is 495 g/mol. The van der Waals surface area contributed by atoms with Gasteiger partial charge in [0.15, 0.2) is 15.8 Å². The average Bonchev–Trinajstić information content (AvgIpc) is 3.08. The van der Waals surface area contributed by atoms with Gasteiger partial charge in [0.05, 0.1) is 17.7 Å². The summed E-state index contributed by atoms with van der Waals surface area (Å²) >= 11 is 13.0. The number of halogens is 1. The Balaban J connectivity index is 1.55. The maximum atomic E-state index is 13.1. The van der Waals surface area contributed by atoms with Gasteiger partial charge in [-0.2, -0.15) is 0 Å². The van der Waals surface area contributed by atoms with E-state index < -0.39 is 0 Å². The third-order valence-corrected chi connectivity index (χ3v) is 7.04. The molecule has 1 saturated heterocycles. The predicted octanol–water partition coefficient (Wildman–Crippen LogP) is 6.95. The Morgan fingerprint density at radius 2 is 1.82 bits per heavy atom. The Hall–Kier alpha value is -2.80. The number of anilines is 1. The van der Waals surface area contributed by atoms with Gasteiger partial charge < -0.3 is 9.47 Å². The van der Waals surface area contributed by atoms with Crippen LogP contribution < -0.4 is 14.4 Å². The zero-order valence-corrected chi connectivity index (χ0v) is 20.8. The smallest absolute Gasteiger partial charge is 0.270 e. The van der Waals surface area contributed by atoms with Crippen molar-refractivity contribution in [3.8, 4) is 11.5 Å². The summed E-state index contributed by atoms with van der Waals surface area (Å²) in [5.74, 6) is 1.03. The van der Waals surface area contributed by atoms with Crippen LogP contribution in [0.2, 0.25) is 5.02 Å². The first-order chi connectivity index (χ1) is 15.9. The summed E-state index contributed by atoms with van der Waals surface area (Å²) in [6.45, 7) is 4.39. The van der Waals surface area contributed by atoms with Gasteiger partial charge in [0.25, 0.3) is 5.91 Å². The number of carbonyl (C=O) groups is 1. The van der Waals surface area contributed by atoms with Crippen molar-refractivity contribution in [3.05, 3.63) is 92.8 Å². The number of thioether (sulfide) groups is 1. The molecule has 1 heterocycles. The number of hydrogen-bond donors (Lipinski definition) is 0. The Morgan fingerprint density at radius 1 is 1.03 bits per heavy atom. The first kappa shape index (κ1) is 23.4. The molecule has 4 rings (SSSR count). The van der Waals surface area contributed by atoms with Crippen molar-refractivity contribution in [2.45, 2.75) is 20.5 Å². The van der Waals surface area contributed by atoms with Gasteiger partial charge in [0.2, 0.25) is 0 Å². The van der Waals surface area contributed by atoms with Crippen molar-refractivity contribution in [1.29, 1.82) is 0 Å². The lowest BCUT2D eigenvalue weighted by Gasteiger charge is -2.16. The molecule has 1 amide bonds. The Labute approximate surface area is 208 Å². The fourth-order valence-electron chi connectivity index (χ4n) is 3.37. The molecule has 0 aromatic heterocycles. The molecule has 0 N–H and O–H groups in total. The number of benzene rings is 3. The SMILES string of the molecule is COc1cc(/C=C2/SC(=S)N(c3ccc(C)c(C)c3)C2=O)ccc1OCc1ccccc1Cl. The fraction of sp³-hybridized carbons (Fsp3) is 0.154. The molecule has 0 aliphatic carbocycles. The van der Waals surface area contributed by atoms with E-state index in [1.54, 1.807) is 12.0 Å². The molecular weight excluding hydrogens is 474 g/mol. The Kier molecular flexibility index (Phi) is 7.08. The normalized spacial score (nSPS) is 14.8. The molecule has 0 bridgehead atoms. The molecule has 0 radical (unpaired) electrons. The minimum Gasteiger partial charge on any atom is -0.493 e. The van der Waals surface area contributed by atoms with E-state index >= 15 is 0 Å². The lowest BCUT2D eigenvalue weighted by molar-refractivity contribution is -0.113. The minimum absolute atomic E-state index is 0.133. The fourth-order valence-corrected chi connectivity index (χ4v) is 4.86. The van der Waals surface area contributed by atoms with E-state index in [4.69, 9.17) is 33.3 Å². The van der Waals surface area contributed by atoms with E-state index in [-0.39, 0.29) is 5.91 Å². The van der Waals surface area contributed by atoms with Gasteiger partial charge in [-0.15, -0.1) is 0 Å². The third-order valence-electron chi connectivity index (χ3n) is 5.37. The molecule has 7 heteroatoms. The summed E-state index contributed by atoms with van der Waals surface area (Å²) in [7, 11) is 1.58.